The zero-order valence-electron chi connectivity index (χ0n) is 8.91. The number of anilines is 2. The molecule has 0 unspecified atom stereocenters. The van der Waals surface area contributed by atoms with Gasteiger partial charge in [0.2, 0.25) is 10.1 Å². The maximum absolute atomic E-state index is 12.3. The molecule has 0 saturated carbocycles. The number of alkyl halides is 3. The van der Waals surface area contributed by atoms with Crippen LogP contribution in [0.2, 0.25) is 0 Å². The van der Waals surface area contributed by atoms with Crippen LogP contribution in [-0.2, 0) is 13.2 Å². The van der Waals surface area contributed by atoms with Crippen LogP contribution in [0.1, 0.15) is 10.7 Å². The molecule has 0 radical (unpaired) electrons. The smallest absolute Gasteiger partial charge is 0.327 e. The first-order chi connectivity index (χ1) is 7.86. The highest BCUT2D eigenvalue weighted by Crippen LogP contribution is 2.34. The van der Waals surface area contributed by atoms with E-state index in [4.69, 9.17) is 0 Å². The third-order valence-corrected chi connectivity index (χ3v) is 2.81. The summed E-state index contributed by atoms with van der Waals surface area (Å²) >= 11 is 0.457. The highest BCUT2D eigenvalue weighted by molar-refractivity contribution is 7.15. The van der Waals surface area contributed by atoms with Gasteiger partial charge in [0, 0.05) is 13.2 Å². The highest BCUT2D eigenvalue weighted by atomic mass is 32.1. The average molecular weight is 263 g/mol. The van der Waals surface area contributed by atoms with Gasteiger partial charge in [0.25, 0.3) is 0 Å². The molecule has 0 aromatic carbocycles. The van der Waals surface area contributed by atoms with Crippen LogP contribution in [0.25, 0.3) is 0 Å². The van der Waals surface area contributed by atoms with Crippen molar-refractivity contribution in [2.45, 2.75) is 13.1 Å². The number of nitrogens with one attached hydrogen (secondary N) is 1. The van der Waals surface area contributed by atoms with Crippen LogP contribution in [0.5, 0.6) is 0 Å². The molecule has 0 aliphatic heterocycles. The minimum atomic E-state index is -4.46. The summed E-state index contributed by atoms with van der Waals surface area (Å²) in [6, 6.07) is 0. The molecule has 0 spiro atoms. The van der Waals surface area contributed by atoms with E-state index in [2.05, 4.69) is 20.6 Å². The molecule has 0 aliphatic carbocycles. The predicted molar refractivity (Wildman–Crippen MR) is 56.1 cm³/mol. The maximum Gasteiger partial charge on any atom is 0.445 e. The lowest BCUT2D eigenvalue weighted by Crippen LogP contribution is -2.03. The number of hydrogen-bond donors (Lipinski definition) is 1. The molecule has 0 fully saturated rings. The van der Waals surface area contributed by atoms with Crippen LogP contribution in [0, 0.1) is 6.92 Å². The number of aromatic nitrogens is 4. The van der Waals surface area contributed by atoms with Gasteiger partial charge in [-0.25, -0.2) is 0 Å². The lowest BCUT2D eigenvalue weighted by atomic mass is 10.4. The van der Waals surface area contributed by atoms with Crippen molar-refractivity contribution in [2.24, 2.45) is 7.05 Å². The summed E-state index contributed by atoms with van der Waals surface area (Å²) in [5, 5.41) is 12.4. The molecule has 2 heterocycles. The summed E-state index contributed by atoms with van der Waals surface area (Å²) in [6.07, 6.45) is -2.80. The second-order valence-corrected chi connectivity index (χ2v) is 4.31. The molecule has 0 aliphatic rings. The highest BCUT2D eigenvalue weighted by Gasteiger charge is 2.35. The Morgan fingerprint density at radius 2 is 2.06 bits per heavy atom. The third kappa shape index (κ3) is 2.54. The van der Waals surface area contributed by atoms with Gasteiger partial charge in [0.1, 0.15) is 0 Å². The van der Waals surface area contributed by atoms with E-state index >= 15 is 0 Å². The van der Waals surface area contributed by atoms with Crippen LogP contribution >= 0.6 is 11.3 Å². The summed E-state index contributed by atoms with van der Waals surface area (Å²) in [7, 11) is 1.72. The topological polar surface area (TPSA) is 55.6 Å². The zero-order valence-corrected chi connectivity index (χ0v) is 9.72. The van der Waals surface area contributed by atoms with Crippen molar-refractivity contribution < 1.29 is 13.2 Å². The van der Waals surface area contributed by atoms with Gasteiger partial charge >= 0.3 is 6.18 Å². The standard InChI is InChI=1S/C8H8F3N5S/c1-4-5(3-16(2)15-4)12-7-14-13-6(17-7)8(9,10)11/h3H,1-2H3,(H,12,14). The maximum atomic E-state index is 12.3. The molecular formula is C8H8F3N5S. The van der Waals surface area contributed by atoms with Crippen molar-refractivity contribution in [1.82, 2.24) is 20.0 Å². The first-order valence-electron chi connectivity index (χ1n) is 4.54. The Morgan fingerprint density at radius 3 is 2.53 bits per heavy atom. The molecule has 17 heavy (non-hydrogen) atoms. The van der Waals surface area contributed by atoms with E-state index in [9.17, 15) is 13.2 Å². The van der Waals surface area contributed by atoms with Crippen molar-refractivity contribution in [2.75, 3.05) is 5.32 Å². The normalized spacial score (nSPS) is 11.8. The molecule has 0 atom stereocenters. The van der Waals surface area contributed by atoms with Gasteiger partial charge in [-0.15, -0.1) is 10.2 Å². The second-order valence-electron chi connectivity index (χ2n) is 3.34. The van der Waals surface area contributed by atoms with Crippen LogP contribution in [-0.4, -0.2) is 20.0 Å². The number of hydrogen-bond acceptors (Lipinski definition) is 5. The summed E-state index contributed by atoms with van der Waals surface area (Å²) in [5.41, 5.74) is 1.29. The van der Waals surface area contributed by atoms with Gasteiger partial charge in [-0.05, 0) is 6.92 Å². The summed E-state index contributed by atoms with van der Waals surface area (Å²) in [5.74, 6) is 0. The lowest BCUT2D eigenvalue weighted by molar-refractivity contribution is -0.138. The van der Waals surface area contributed by atoms with Gasteiger partial charge in [-0.3, -0.25) is 4.68 Å². The zero-order chi connectivity index (χ0) is 12.6. The van der Waals surface area contributed by atoms with E-state index in [0.717, 1.165) is 0 Å². The second kappa shape index (κ2) is 3.99. The van der Waals surface area contributed by atoms with E-state index in [-0.39, 0.29) is 5.13 Å². The fourth-order valence-electron chi connectivity index (χ4n) is 1.23. The Hall–Kier alpha value is -1.64. The monoisotopic (exact) mass is 263 g/mol. The van der Waals surface area contributed by atoms with E-state index in [0.29, 0.717) is 22.7 Å². The molecule has 2 rings (SSSR count). The van der Waals surface area contributed by atoms with Crippen molar-refractivity contribution in [3.05, 3.63) is 16.9 Å². The molecule has 9 heteroatoms. The van der Waals surface area contributed by atoms with Crippen LogP contribution < -0.4 is 5.32 Å². The summed E-state index contributed by atoms with van der Waals surface area (Å²) in [6.45, 7) is 1.74. The van der Waals surface area contributed by atoms with Crippen molar-refractivity contribution >= 4 is 22.2 Å². The number of aryl methyl sites for hydroxylation is 2. The molecule has 0 saturated heterocycles. The Bertz CT molecular complexity index is 529. The fraction of sp³-hybridized carbons (Fsp3) is 0.375. The van der Waals surface area contributed by atoms with Crippen molar-refractivity contribution in [3.8, 4) is 0 Å². The molecule has 1 N–H and O–H groups in total. The number of halogens is 3. The van der Waals surface area contributed by atoms with Crippen LogP contribution in [0.15, 0.2) is 6.20 Å². The van der Waals surface area contributed by atoms with Crippen molar-refractivity contribution in [3.63, 3.8) is 0 Å². The SMILES string of the molecule is Cc1nn(C)cc1Nc1nnc(C(F)(F)F)s1. The summed E-state index contributed by atoms with van der Waals surface area (Å²) < 4.78 is 38.4. The Morgan fingerprint density at radius 1 is 1.35 bits per heavy atom. The molecule has 5 nitrogen and oxygen atoms in total. The molecule has 2 aromatic heterocycles. The van der Waals surface area contributed by atoms with Gasteiger partial charge in [-0.1, -0.05) is 11.3 Å². The molecule has 0 amide bonds. The largest absolute Gasteiger partial charge is 0.445 e. The first-order valence-corrected chi connectivity index (χ1v) is 5.36. The van der Waals surface area contributed by atoms with Gasteiger partial charge in [-0.2, -0.15) is 18.3 Å². The van der Waals surface area contributed by atoms with Crippen LogP contribution in [0.3, 0.4) is 0 Å². The summed E-state index contributed by atoms with van der Waals surface area (Å²) in [4.78, 5) is 0. The van der Waals surface area contributed by atoms with Gasteiger partial charge in [0.05, 0.1) is 11.4 Å². The molecule has 2 aromatic rings. The van der Waals surface area contributed by atoms with Crippen molar-refractivity contribution in [1.29, 1.82) is 0 Å². The Labute approximate surface area is 98.3 Å². The minimum Gasteiger partial charge on any atom is -0.327 e. The Balaban J connectivity index is 2.20. The van der Waals surface area contributed by atoms with Gasteiger partial charge in [0.15, 0.2) is 0 Å². The van der Waals surface area contributed by atoms with E-state index in [1.807, 2.05) is 0 Å². The fourth-order valence-corrected chi connectivity index (χ4v) is 1.85. The molecule has 0 bridgehead atoms. The molecule has 92 valence electrons. The lowest BCUT2D eigenvalue weighted by Gasteiger charge is -1.99. The number of nitrogens with zero attached hydrogens (tertiary/aromatic N) is 4. The van der Waals surface area contributed by atoms with Gasteiger partial charge < -0.3 is 5.32 Å². The number of rotatable bonds is 2. The average Bonchev–Trinajstić information content (AvgIpc) is 2.74. The molecular weight excluding hydrogens is 255 g/mol. The van der Waals surface area contributed by atoms with Crippen LogP contribution in [0.4, 0.5) is 24.0 Å². The third-order valence-electron chi connectivity index (χ3n) is 1.92. The quantitative estimate of drug-likeness (QED) is 0.903. The van der Waals surface area contributed by atoms with E-state index in [1.165, 1.54) is 0 Å². The predicted octanol–water partition coefficient (Wildman–Crippen LogP) is 2.34. The Kier molecular flexibility index (Phi) is 2.77. The van der Waals surface area contributed by atoms with E-state index in [1.54, 1.807) is 24.9 Å². The minimum absolute atomic E-state index is 0.0911. The van der Waals surface area contributed by atoms with E-state index < -0.39 is 11.2 Å². The first kappa shape index (κ1) is 11.8.